The minimum absolute atomic E-state index is 0.189. The summed E-state index contributed by atoms with van der Waals surface area (Å²) in [4.78, 5) is 16.7. The van der Waals surface area contributed by atoms with Gasteiger partial charge in [0.15, 0.2) is 11.5 Å². The summed E-state index contributed by atoms with van der Waals surface area (Å²) in [5.41, 5.74) is 6.34. The van der Waals surface area contributed by atoms with Crippen molar-refractivity contribution >= 4 is 23.0 Å². The Morgan fingerprint density at radius 3 is 2.55 bits per heavy atom. The van der Waals surface area contributed by atoms with Crippen molar-refractivity contribution in [3.05, 3.63) is 64.5 Å². The standard InChI is InChI=1S/C22H23N3O3S/c1-15(11-16-9-10-19(27-2)20(12-16)28-3)24-25-21(26)13-22-23-18(14-29-22)17-7-5-4-6-8-17/h4-10,12,14H,11,13H2,1-3H3,(H,25,26)/b24-15-. The van der Waals surface area contributed by atoms with E-state index in [-0.39, 0.29) is 12.3 Å². The van der Waals surface area contributed by atoms with Crippen LogP contribution < -0.4 is 14.9 Å². The third-order valence-electron chi connectivity index (χ3n) is 4.21. The molecule has 0 radical (unpaired) electrons. The SMILES string of the molecule is COc1ccc(C/C(C)=N\NC(=O)Cc2nc(-c3ccccc3)cs2)cc1OC. The first-order valence-electron chi connectivity index (χ1n) is 9.11. The molecule has 7 heteroatoms. The van der Waals surface area contributed by atoms with Gasteiger partial charge in [0.2, 0.25) is 5.91 Å². The number of carbonyl (C=O) groups is 1. The highest BCUT2D eigenvalue weighted by molar-refractivity contribution is 7.10. The molecule has 0 aliphatic heterocycles. The zero-order valence-corrected chi connectivity index (χ0v) is 17.5. The van der Waals surface area contributed by atoms with Crippen LogP contribution in [0.2, 0.25) is 0 Å². The van der Waals surface area contributed by atoms with Crippen molar-refractivity contribution in [3.8, 4) is 22.8 Å². The number of hydrogen-bond donors (Lipinski definition) is 1. The van der Waals surface area contributed by atoms with Crippen molar-refractivity contribution < 1.29 is 14.3 Å². The van der Waals surface area contributed by atoms with E-state index in [1.807, 2.05) is 60.8 Å². The molecule has 150 valence electrons. The molecule has 0 bridgehead atoms. The molecular formula is C22H23N3O3S. The van der Waals surface area contributed by atoms with Crippen molar-refractivity contribution in [2.75, 3.05) is 14.2 Å². The number of methoxy groups -OCH3 is 2. The molecule has 3 rings (SSSR count). The molecule has 0 spiro atoms. The molecule has 1 N–H and O–H groups in total. The number of benzene rings is 2. The van der Waals surface area contributed by atoms with Gasteiger partial charge in [0, 0.05) is 23.1 Å². The first-order chi connectivity index (χ1) is 14.1. The van der Waals surface area contributed by atoms with Crippen LogP contribution in [0, 0.1) is 0 Å². The van der Waals surface area contributed by atoms with Crippen LogP contribution in [0.4, 0.5) is 0 Å². The Bertz CT molecular complexity index is 1000. The van der Waals surface area contributed by atoms with E-state index < -0.39 is 0 Å². The zero-order chi connectivity index (χ0) is 20.6. The Balaban J connectivity index is 1.56. The van der Waals surface area contributed by atoms with E-state index in [2.05, 4.69) is 15.5 Å². The molecule has 1 amide bonds. The lowest BCUT2D eigenvalue weighted by Gasteiger charge is -2.09. The summed E-state index contributed by atoms with van der Waals surface area (Å²) in [7, 11) is 3.20. The molecule has 0 saturated carbocycles. The number of hydrazone groups is 1. The fraction of sp³-hybridized carbons (Fsp3) is 0.227. The van der Waals surface area contributed by atoms with Crippen molar-refractivity contribution in [3.63, 3.8) is 0 Å². The van der Waals surface area contributed by atoms with Crippen LogP contribution in [0.25, 0.3) is 11.3 Å². The number of hydrogen-bond acceptors (Lipinski definition) is 6. The molecule has 0 saturated heterocycles. The van der Waals surface area contributed by atoms with E-state index in [1.54, 1.807) is 14.2 Å². The number of amides is 1. The van der Waals surface area contributed by atoms with Gasteiger partial charge in [0.1, 0.15) is 5.01 Å². The van der Waals surface area contributed by atoms with Crippen molar-refractivity contribution in [1.29, 1.82) is 0 Å². The molecule has 29 heavy (non-hydrogen) atoms. The van der Waals surface area contributed by atoms with E-state index in [1.165, 1.54) is 11.3 Å². The molecule has 0 aliphatic rings. The highest BCUT2D eigenvalue weighted by atomic mass is 32.1. The number of aromatic nitrogens is 1. The summed E-state index contributed by atoms with van der Waals surface area (Å²) in [6.07, 6.45) is 0.792. The average molecular weight is 410 g/mol. The van der Waals surface area contributed by atoms with Crippen LogP contribution >= 0.6 is 11.3 Å². The van der Waals surface area contributed by atoms with Crippen LogP contribution in [0.1, 0.15) is 17.5 Å². The largest absolute Gasteiger partial charge is 0.493 e. The van der Waals surface area contributed by atoms with Gasteiger partial charge in [0.05, 0.1) is 26.3 Å². The van der Waals surface area contributed by atoms with Gasteiger partial charge in [-0.25, -0.2) is 10.4 Å². The maximum Gasteiger partial charge on any atom is 0.246 e. The number of carbonyl (C=O) groups excluding carboxylic acids is 1. The van der Waals surface area contributed by atoms with E-state index >= 15 is 0 Å². The van der Waals surface area contributed by atoms with Crippen molar-refractivity contribution in [1.82, 2.24) is 10.4 Å². The van der Waals surface area contributed by atoms with Crippen LogP contribution in [0.3, 0.4) is 0 Å². The van der Waals surface area contributed by atoms with Crippen LogP contribution in [-0.2, 0) is 17.6 Å². The van der Waals surface area contributed by atoms with Crippen LogP contribution in [0.15, 0.2) is 59.0 Å². The molecule has 3 aromatic rings. The maximum atomic E-state index is 12.2. The molecule has 1 heterocycles. The predicted molar refractivity (Wildman–Crippen MR) is 116 cm³/mol. The quantitative estimate of drug-likeness (QED) is 0.449. The van der Waals surface area contributed by atoms with Gasteiger partial charge < -0.3 is 9.47 Å². The first-order valence-corrected chi connectivity index (χ1v) is 9.99. The number of rotatable bonds is 8. The number of thiazole rings is 1. The van der Waals surface area contributed by atoms with Gasteiger partial charge in [-0.05, 0) is 24.6 Å². The van der Waals surface area contributed by atoms with Gasteiger partial charge in [-0.1, -0.05) is 36.4 Å². The lowest BCUT2D eigenvalue weighted by atomic mass is 10.1. The van der Waals surface area contributed by atoms with Crippen LogP contribution in [-0.4, -0.2) is 30.8 Å². The summed E-state index contributed by atoms with van der Waals surface area (Å²) >= 11 is 1.47. The topological polar surface area (TPSA) is 72.8 Å². The second-order valence-electron chi connectivity index (χ2n) is 6.42. The van der Waals surface area contributed by atoms with Gasteiger partial charge >= 0.3 is 0 Å². The van der Waals surface area contributed by atoms with E-state index in [0.29, 0.717) is 17.9 Å². The van der Waals surface area contributed by atoms with Gasteiger partial charge in [0.25, 0.3) is 0 Å². The average Bonchev–Trinajstić information content (AvgIpc) is 3.21. The second-order valence-corrected chi connectivity index (χ2v) is 7.36. The monoisotopic (exact) mass is 409 g/mol. The fourth-order valence-electron chi connectivity index (χ4n) is 2.79. The normalized spacial score (nSPS) is 11.2. The van der Waals surface area contributed by atoms with Crippen molar-refractivity contribution in [2.24, 2.45) is 5.10 Å². The molecule has 0 atom stereocenters. The minimum atomic E-state index is -0.189. The molecule has 2 aromatic carbocycles. The van der Waals surface area contributed by atoms with Gasteiger partial charge in [-0.3, -0.25) is 4.79 Å². The fourth-order valence-corrected chi connectivity index (χ4v) is 3.60. The molecule has 6 nitrogen and oxygen atoms in total. The first kappa shape index (κ1) is 20.5. The third-order valence-corrected chi connectivity index (χ3v) is 5.06. The Labute approximate surface area is 174 Å². The Morgan fingerprint density at radius 1 is 1.07 bits per heavy atom. The maximum absolute atomic E-state index is 12.2. The zero-order valence-electron chi connectivity index (χ0n) is 16.6. The molecule has 0 aliphatic carbocycles. The van der Waals surface area contributed by atoms with Crippen LogP contribution in [0.5, 0.6) is 11.5 Å². The summed E-state index contributed by atoms with van der Waals surface area (Å²) in [6.45, 7) is 1.87. The Kier molecular flexibility index (Phi) is 6.97. The summed E-state index contributed by atoms with van der Waals surface area (Å²) < 4.78 is 10.6. The second kappa shape index (κ2) is 9.84. The highest BCUT2D eigenvalue weighted by Crippen LogP contribution is 2.27. The predicted octanol–water partition coefficient (Wildman–Crippen LogP) is 4.10. The smallest absolute Gasteiger partial charge is 0.246 e. The molecule has 0 unspecified atom stereocenters. The third kappa shape index (κ3) is 5.65. The van der Waals surface area contributed by atoms with E-state index in [0.717, 1.165) is 27.5 Å². The van der Waals surface area contributed by atoms with Gasteiger partial charge in [-0.2, -0.15) is 5.10 Å². The van der Waals surface area contributed by atoms with E-state index in [4.69, 9.17) is 9.47 Å². The minimum Gasteiger partial charge on any atom is -0.493 e. The lowest BCUT2D eigenvalue weighted by molar-refractivity contribution is -0.120. The summed E-state index contributed by atoms with van der Waals surface area (Å²) in [6, 6.07) is 15.6. The van der Waals surface area contributed by atoms with Crippen molar-refractivity contribution in [2.45, 2.75) is 19.8 Å². The van der Waals surface area contributed by atoms with Gasteiger partial charge in [-0.15, -0.1) is 11.3 Å². The lowest BCUT2D eigenvalue weighted by Crippen LogP contribution is -2.21. The Hall–Kier alpha value is -3.19. The summed E-state index contributed by atoms with van der Waals surface area (Å²) in [5, 5.41) is 6.92. The Morgan fingerprint density at radius 2 is 1.83 bits per heavy atom. The molecule has 1 aromatic heterocycles. The summed E-state index contributed by atoms with van der Waals surface area (Å²) in [5.74, 6) is 1.16. The highest BCUT2D eigenvalue weighted by Gasteiger charge is 2.09. The van der Waals surface area contributed by atoms with E-state index in [9.17, 15) is 4.79 Å². The molecule has 0 fully saturated rings. The number of nitrogens with one attached hydrogen (secondary N) is 1. The number of ether oxygens (including phenoxy) is 2. The molecular weight excluding hydrogens is 386 g/mol. The number of nitrogens with zero attached hydrogens (tertiary/aromatic N) is 2.